The van der Waals surface area contributed by atoms with Crippen LogP contribution in [-0.2, 0) is 14.8 Å². The van der Waals surface area contributed by atoms with Crippen molar-refractivity contribution in [2.75, 3.05) is 18.0 Å². The molecule has 27 heavy (non-hydrogen) atoms. The fraction of sp³-hybridized carbons (Fsp3) is 0.350. The molecular weight excluding hydrogens is 364 g/mol. The van der Waals surface area contributed by atoms with E-state index in [-0.39, 0.29) is 23.5 Å². The minimum atomic E-state index is -3.64. The summed E-state index contributed by atoms with van der Waals surface area (Å²) >= 11 is 0. The highest BCUT2D eigenvalue weighted by Gasteiger charge is 2.21. The number of nitrogens with one attached hydrogen (secondary N) is 1. The van der Waals surface area contributed by atoms with E-state index in [4.69, 9.17) is 4.74 Å². The lowest BCUT2D eigenvalue weighted by Crippen LogP contribution is -2.35. The molecule has 146 valence electrons. The smallest absolute Gasteiger partial charge is 0.264 e. The lowest BCUT2D eigenvalue weighted by atomic mass is 10.2. The van der Waals surface area contributed by atoms with Gasteiger partial charge in [-0.3, -0.25) is 9.10 Å². The highest BCUT2D eigenvalue weighted by molar-refractivity contribution is 7.92. The molecule has 1 N–H and O–H groups in total. The van der Waals surface area contributed by atoms with Gasteiger partial charge in [0.2, 0.25) is 0 Å². The standard InChI is InChI=1S/C20H26N2O4S/c1-5-16(3)21-20(23)14-26-18-10-8-17(9-11-18)22(4)27(24,25)19-12-6-15(2)7-13-19/h6-13,16H,5,14H2,1-4H3,(H,21,23). The second-order valence-electron chi connectivity index (χ2n) is 6.44. The Morgan fingerprint density at radius 1 is 1.11 bits per heavy atom. The number of hydrogen-bond acceptors (Lipinski definition) is 4. The number of hydrogen-bond donors (Lipinski definition) is 1. The summed E-state index contributed by atoms with van der Waals surface area (Å²) in [5, 5.41) is 2.82. The molecule has 0 aliphatic carbocycles. The summed E-state index contributed by atoms with van der Waals surface area (Å²) < 4.78 is 32.1. The number of anilines is 1. The molecule has 2 rings (SSSR count). The van der Waals surface area contributed by atoms with Crippen molar-refractivity contribution in [1.29, 1.82) is 0 Å². The van der Waals surface area contributed by atoms with E-state index in [0.717, 1.165) is 12.0 Å². The number of amides is 1. The van der Waals surface area contributed by atoms with Crippen molar-refractivity contribution in [2.24, 2.45) is 0 Å². The molecule has 0 fully saturated rings. The zero-order valence-electron chi connectivity index (χ0n) is 16.1. The Morgan fingerprint density at radius 2 is 1.70 bits per heavy atom. The van der Waals surface area contributed by atoms with Gasteiger partial charge in [-0.25, -0.2) is 8.42 Å². The zero-order chi connectivity index (χ0) is 20.0. The van der Waals surface area contributed by atoms with Gasteiger partial charge in [0, 0.05) is 13.1 Å². The maximum Gasteiger partial charge on any atom is 0.264 e. The van der Waals surface area contributed by atoms with Crippen LogP contribution in [0.25, 0.3) is 0 Å². The van der Waals surface area contributed by atoms with Gasteiger partial charge in [0.05, 0.1) is 10.6 Å². The largest absolute Gasteiger partial charge is 0.484 e. The fourth-order valence-electron chi connectivity index (χ4n) is 2.33. The van der Waals surface area contributed by atoms with Gasteiger partial charge in [-0.15, -0.1) is 0 Å². The van der Waals surface area contributed by atoms with Gasteiger partial charge in [-0.1, -0.05) is 24.6 Å². The zero-order valence-corrected chi connectivity index (χ0v) is 16.9. The van der Waals surface area contributed by atoms with Gasteiger partial charge in [0.1, 0.15) is 5.75 Å². The molecule has 1 amide bonds. The molecular formula is C20H26N2O4S. The molecule has 0 aliphatic rings. The maximum atomic E-state index is 12.7. The Morgan fingerprint density at radius 3 is 2.26 bits per heavy atom. The van der Waals surface area contributed by atoms with E-state index in [0.29, 0.717) is 11.4 Å². The van der Waals surface area contributed by atoms with Crippen molar-refractivity contribution in [3.8, 4) is 5.75 Å². The summed E-state index contributed by atoms with van der Waals surface area (Å²) in [5.74, 6) is 0.312. The van der Waals surface area contributed by atoms with Crippen LogP contribution >= 0.6 is 0 Å². The Hall–Kier alpha value is -2.54. The summed E-state index contributed by atoms with van der Waals surface area (Å²) in [5.41, 5.74) is 1.50. The maximum absolute atomic E-state index is 12.7. The molecule has 6 nitrogen and oxygen atoms in total. The Kier molecular flexibility index (Phi) is 6.85. The lowest BCUT2D eigenvalue weighted by molar-refractivity contribution is -0.123. The van der Waals surface area contributed by atoms with Crippen molar-refractivity contribution in [3.05, 3.63) is 54.1 Å². The summed E-state index contributed by atoms with van der Waals surface area (Å²) in [7, 11) is -2.13. The van der Waals surface area contributed by atoms with Crippen LogP contribution in [0.4, 0.5) is 5.69 Å². The molecule has 0 saturated heterocycles. The van der Waals surface area contributed by atoms with Gasteiger partial charge in [-0.05, 0) is 56.7 Å². The van der Waals surface area contributed by atoms with E-state index in [9.17, 15) is 13.2 Å². The first kappa shape index (κ1) is 20.8. The Balaban J connectivity index is 2.03. The number of benzene rings is 2. The van der Waals surface area contributed by atoms with Crippen molar-refractivity contribution in [3.63, 3.8) is 0 Å². The predicted octanol–water partition coefficient (Wildman–Crippen LogP) is 3.11. The topological polar surface area (TPSA) is 75.7 Å². The number of nitrogens with zero attached hydrogens (tertiary/aromatic N) is 1. The summed E-state index contributed by atoms with van der Waals surface area (Å²) in [6, 6.07) is 13.4. The molecule has 0 spiro atoms. The van der Waals surface area contributed by atoms with Crippen LogP contribution in [0, 0.1) is 6.92 Å². The van der Waals surface area contributed by atoms with E-state index in [1.165, 1.54) is 11.4 Å². The number of ether oxygens (including phenoxy) is 1. The molecule has 0 bridgehead atoms. The van der Waals surface area contributed by atoms with Crippen LogP contribution in [0.1, 0.15) is 25.8 Å². The van der Waals surface area contributed by atoms with Gasteiger partial charge in [0.25, 0.3) is 15.9 Å². The average molecular weight is 391 g/mol. The fourth-order valence-corrected chi connectivity index (χ4v) is 3.52. The number of carbonyl (C=O) groups excluding carboxylic acids is 1. The summed E-state index contributed by atoms with van der Waals surface area (Å²) in [6.07, 6.45) is 0.849. The molecule has 2 aromatic carbocycles. The van der Waals surface area contributed by atoms with E-state index < -0.39 is 10.0 Å². The second kappa shape index (κ2) is 8.90. The van der Waals surface area contributed by atoms with E-state index in [1.807, 2.05) is 20.8 Å². The number of sulfonamides is 1. The first-order valence-electron chi connectivity index (χ1n) is 8.82. The van der Waals surface area contributed by atoms with Crippen LogP contribution in [-0.4, -0.2) is 34.0 Å². The summed E-state index contributed by atoms with van der Waals surface area (Å²) in [4.78, 5) is 12.0. The number of carbonyl (C=O) groups is 1. The third-order valence-electron chi connectivity index (χ3n) is 4.27. The number of aryl methyl sites for hydroxylation is 1. The average Bonchev–Trinajstić information content (AvgIpc) is 2.66. The van der Waals surface area contributed by atoms with Gasteiger partial charge in [-0.2, -0.15) is 0 Å². The van der Waals surface area contributed by atoms with E-state index >= 15 is 0 Å². The highest BCUT2D eigenvalue weighted by atomic mass is 32.2. The molecule has 0 radical (unpaired) electrons. The van der Waals surface area contributed by atoms with Crippen LogP contribution in [0.2, 0.25) is 0 Å². The number of rotatable bonds is 8. The minimum Gasteiger partial charge on any atom is -0.484 e. The van der Waals surface area contributed by atoms with Gasteiger partial charge >= 0.3 is 0 Å². The molecule has 0 heterocycles. The van der Waals surface area contributed by atoms with Crippen molar-refractivity contribution < 1.29 is 17.9 Å². The quantitative estimate of drug-likeness (QED) is 0.751. The van der Waals surface area contributed by atoms with Crippen LogP contribution in [0.15, 0.2) is 53.4 Å². The van der Waals surface area contributed by atoms with E-state index in [2.05, 4.69) is 5.32 Å². The van der Waals surface area contributed by atoms with Crippen LogP contribution in [0.5, 0.6) is 5.75 Å². The normalized spacial score (nSPS) is 12.3. The first-order chi connectivity index (χ1) is 12.7. The predicted molar refractivity (Wildman–Crippen MR) is 107 cm³/mol. The molecule has 1 atom stereocenters. The van der Waals surface area contributed by atoms with Gasteiger partial charge < -0.3 is 10.1 Å². The van der Waals surface area contributed by atoms with Gasteiger partial charge in [0.15, 0.2) is 6.61 Å². The van der Waals surface area contributed by atoms with Crippen molar-refractivity contribution in [2.45, 2.75) is 38.1 Å². The van der Waals surface area contributed by atoms with Crippen molar-refractivity contribution in [1.82, 2.24) is 5.32 Å². The van der Waals surface area contributed by atoms with Crippen LogP contribution < -0.4 is 14.4 Å². The molecule has 1 unspecified atom stereocenters. The second-order valence-corrected chi connectivity index (χ2v) is 8.41. The van der Waals surface area contributed by atoms with E-state index in [1.54, 1.807) is 48.5 Å². The molecule has 0 aliphatic heterocycles. The molecule has 2 aromatic rings. The molecule has 0 aromatic heterocycles. The Labute approximate surface area is 161 Å². The van der Waals surface area contributed by atoms with Crippen molar-refractivity contribution >= 4 is 21.6 Å². The molecule has 7 heteroatoms. The SMILES string of the molecule is CCC(C)NC(=O)COc1ccc(N(C)S(=O)(=O)c2ccc(C)cc2)cc1. The third kappa shape index (κ3) is 5.47. The minimum absolute atomic E-state index is 0.0822. The Bertz CT molecular complexity index is 862. The first-order valence-corrected chi connectivity index (χ1v) is 10.3. The van der Waals surface area contributed by atoms with Crippen LogP contribution in [0.3, 0.4) is 0 Å². The lowest BCUT2D eigenvalue weighted by Gasteiger charge is -2.20. The molecule has 0 saturated carbocycles. The monoisotopic (exact) mass is 390 g/mol. The summed E-state index contributed by atoms with van der Waals surface area (Å²) in [6.45, 7) is 5.74. The third-order valence-corrected chi connectivity index (χ3v) is 6.07. The highest BCUT2D eigenvalue weighted by Crippen LogP contribution is 2.24.